The zero-order valence-electron chi connectivity index (χ0n) is 27.0. The first-order chi connectivity index (χ1) is 22.2. The molecule has 0 amide bonds. The third-order valence-electron chi connectivity index (χ3n) is 8.69. The zero-order chi connectivity index (χ0) is 34.4. The van der Waals surface area contributed by atoms with E-state index in [0.717, 1.165) is 69.4 Å². The maximum atomic E-state index is 11.4. The van der Waals surface area contributed by atoms with E-state index in [1.165, 1.54) is 6.20 Å². The summed E-state index contributed by atoms with van der Waals surface area (Å²) in [4.78, 5) is 19.5. The second kappa shape index (κ2) is 15.9. The van der Waals surface area contributed by atoms with Gasteiger partial charge in [0, 0.05) is 38.4 Å². The van der Waals surface area contributed by atoms with Gasteiger partial charge in [0.2, 0.25) is 0 Å². The van der Waals surface area contributed by atoms with E-state index < -0.39 is 16.1 Å². The fourth-order valence-electron chi connectivity index (χ4n) is 5.96. The van der Waals surface area contributed by atoms with Crippen LogP contribution in [0.1, 0.15) is 72.1 Å². The molecule has 254 valence electrons. The number of rotatable bonds is 5. The maximum Gasteiger partial charge on any atom is 0.311 e. The van der Waals surface area contributed by atoms with Crippen LogP contribution in [-0.2, 0) is 0 Å². The molecule has 11 nitrogen and oxygen atoms in total. The van der Waals surface area contributed by atoms with Gasteiger partial charge in [0.1, 0.15) is 11.9 Å². The molecule has 13 heteroatoms. The number of benzene rings is 2. The molecule has 0 unspecified atom stereocenters. The standard InChI is InChI=1S/C16H18BrN3O3.C16H20BrN3O.C2H6O/c1-16(21)6-4-11(5-7-16)19-15-12-8-10(17)2-3-13(12)18-9-14(15)20(22)23;1-16(21)6-4-11(5-7-16)20-15-12-8-10(17)2-3-14(12)19-9-13(15)18;1-2-3/h2-3,8-9,11,21H,4-7H2,1H3,(H,18,19);2-3,8-9,11,21H,4-7,18H2,1H3,(H,19,20);3H,2H2,1H3. The minimum absolute atomic E-state index is 0.0204. The summed E-state index contributed by atoms with van der Waals surface area (Å²) in [7, 11) is 0. The van der Waals surface area contributed by atoms with Crippen LogP contribution in [0.3, 0.4) is 0 Å². The van der Waals surface area contributed by atoms with Gasteiger partial charge < -0.3 is 31.7 Å². The Labute approximate surface area is 291 Å². The molecule has 0 aliphatic heterocycles. The van der Waals surface area contributed by atoms with Gasteiger partial charge in [0.05, 0.1) is 44.7 Å². The molecule has 0 atom stereocenters. The number of nitrogens with zero attached hydrogens (tertiary/aromatic N) is 3. The average molecular weight is 777 g/mol. The summed E-state index contributed by atoms with van der Waals surface area (Å²) >= 11 is 6.91. The van der Waals surface area contributed by atoms with Crippen molar-refractivity contribution in [1.29, 1.82) is 0 Å². The number of nitro groups is 1. The second-order valence-electron chi connectivity index (χ2n) is 12.8. The lowest BCUT2D eigenvalue weighted by atomic mass is 9.83. The Morgan fingerprint density at radius 1 is 0.851 bits per heavy atom. The largest absolute Gasteiger partial charge is 0.397 e. The predicted molar refractivity (Wildman–Crippen MR) is 196 cm³/mol. The van der Waals surface area contributed by atoms with Crippen LogP contribution < -0.4 is 16.4 Å². The van der Waals surface area contributed by atoms with E-state index in [0.29, 0.717) is 35.8 Å². The summed E-state index contributed by atoms with van der Waals surface area (Å²) in [6, 6.07) is 12.0. The number of anilines is 3. The Morgan fingerprint density at radius 3 is 1.70 bits per heavy atom. The number of fused-ring (bicyclic) bond motifs is 2. The van der Waals surface area contributed by atoms with Gasteiger partial charge in [-0.15, -0.1) is 0 Å². The van der Waals surface area contributed by atoms with Gasteiger partial charge >= 0.3 is 5.69 Å². The van der Waals surface area contributed by atoms with E-state index in [1.807, 2.05) is 50.2 Å². The Kier molecular flexibility index (Phi) is 12.4. The van der Waals surface area contributed by atoms with Crippen molar-refractivity contribution in [1.82, 2.24) is 9.97 Å². The first-order valence-electron chi connectivity index (χ1n) is 15.9. The molecule has 0 saturated heterocycles. The van der Waals surface area contributed by atoms with E-state index in [2.05, 4.69) is 52.5 Å². The normalized spacial score (nSPS) is 24.0. The first kappa shape index (κ1) is 36.7. The summed E-state index contributed by atoms with van der Waals surface area (Å²) in [5.41, 5.74) is 8.71. The Balaban J connectivity index is 0.000000197. The van der Waals surface area contributed by atoms with Gasteiger partial charge in [-0.2, -0.15) is 0 Å². The molecule has 2 aliphatic rings. The van der Waals surface area contributed by atoms with Gasteiger partial charge in [-0.05, 0) is 109 Å². The van der Waals surface area contributed by atoms with E-state index in [1.54, 1.807) is 13.1 Å². The second-order valence-corrected chi connectivity index (χ2v) is 14.7. The highest BCUT2D eigenvalue weighted by molar-refractivity contribution is 9.10. The van der Waals surface area contributed by atoms with E-state index in [4.69, 9.17) is 10.8 Å². The molecule has 0 bridgehead atoms. The molecular formula is C34H44Br2N6O5. The highest BCUT2D eigenvalue weighted by Gasteiger charge is 2.31. The quantitative estimate of drug-likeness (QED) is 0.0869. The Hall–Kier alpha value is -3.10. The number of nitrogens with one attached hydrogen (secondary N) is 2. The van der Waals surface area contributed by atoms with Crippen molar-refractivity contribution >= 4 is 76.4 Å². The summed E-state index contributed by atoms with van der Waals surface area (Å²) in [6.45, 7) is 5.68. The topological polar surface area (TPSA) is 180 Å². The van der Waals surface area contributed by atoms with Crippen LogP contribution in [0.25, 0.3) is 21.8 Å². The van der Waals surface area contributed by atoms with E-state index in [9.17, 15) is 20.3 Å². The lowest BCUT2D eigenvalue weighted by molar-refractivity contribution is -0.384. The average Bonchev–Trinajstić information content (AvgIpc) is 3.01. The number of hydrogen-bond acceptors (Lipinski definition) is 10. The molecule has 2 aromatic heterocycles. The maximum absolute atomic E-state index is 11.4. The minimum Gasteiger partial charge on any atom is -0.397 e. The number of hydrogen-bond donors (Lipinski definition) is 6. The molecule has 4 aromatic rings. The van der Waals surface area contributed by atoms with Crippen molar-refractivity contribution in [2.75, 3.05) is 23.0 Å². The molecule has 6 rings (SSSR count). The SMILES string of the molecule is CC1(O)CCC(Nc2c(N)cnc3ccc(Br)cc23)CC1.CC1(O)CCC(Nc2c([N+](=O)[O-])cnc3ccc(Br)cc23)CC1.CCO. The molecule has 0 radical (unpaired) electrons. The van der Waals surface area contributed by atoms with Crippen molar-refractivity contribution in [3.63, 3.8) is 0 Å². The molecule has 47 heavy (non-hydrogen) atoms. The predicted octanol–water partition coefficient (Wildman–Crippen LogP) is 7.69. The summed E-state index contributed by atoms with van der Waals surface area (Å²) in [6.07, 6.45) is 9.47. The van der Waals surface area contributed by atoms with Gasteiger partial charge in [0.15, 0.2) is 0 Å². The van der Waals surface area contributed by atoms with Crippen molar-refractivity contribution in [3.05, 3.63) is 67.9 Å². The fourth-order valence-corrected chi connectivity index (χ4v) is 6.68. The number of halogens is 2. The monoisotopic (exact) mass is 774 g/mol. The van der Waals surface area contributed by atoms with Crippen molar-refractivity contribution in [3.8, 4) is 0 Å². The van der Waals surface area contributed by atoms with Gasteiger partial charge in [-0.1, -0.05) is 31.9 Å². The van der Waals surface area contributed by atoms with Crippen molar-refractivity contribution in [2.24, 2.45) is 0 Å². The third-order valence-corrected chi connectivity index (χ3v) is 9.67. The first-order valence-corrected chi connectivity index (χ1v) is 17.5. The molecule has 7 N–H and O–H groups in total. The van der Waals surface area contributed by atoms with Gasteiger partial charge in [-0.3, -0.25) is 15.1 Å². The molecule has 2 fully saturated rings. The number of pyridine rings is 2. The van der Waals surface area contributed by atoms with Crippen molar-refractivity contribution < 1.29 is 20.2 Å². The number of nitrogens with two attached hydrogens (primary N) is 1. The molecular weight excluding hydrogens is 732 g/mol. The third kappa shape index (κ3) is 9.96. The number of nitrogen functional groups attached to an aromatic ring is 1. The number of aromatic nitrogens is 2. The minimum atomic E-state index is -0.631. The number of aliphatic hydroxyl groups is 3. The van der Waals surface area contributed by atoms with Gasteiger partial charge in [0.25, 0.3) is 0 Å². The lowest BCUT2D eigenvalue weighted by Gasteiger charge is -2.34. The lowest BCUT2D eigenvalue weighted by Crippen LogP contribution is -2.35. The zero-order valence-corrected chi connectivity index (χ0v) is 30.1. The van der Waals surface area contributed by atoms with Crippen molar-refractivity contribution in [2.45, 2.75) is 95.4 Å². The highest BCUT2D eigenvalue weighted by Crippen LogP contribution is 2.37. The molecule has 2 heterocycles. The number of aliphatic hydroxyl groups excluding tert-OH is 1. The molecule has 0 spiro atoms. The summed E-state index contributed by atoms with van der Waals surface area (Å²) in [5, 5.41) is 47.7. The highest BCUT2D eigenvalue weighted by atomic mass is 79.9. The summed E-state index contributed by atoms with van der Waals surface area (Å²) in [5.74, 6) is 0. The molecule has 2 saturated carbocycles. The Bertz CT molecular complexity index is 1680. The summed E-state index contributed by atoms with van der Waals surface area (Å²) < 4.78 is 1.86. The smallest absolute Gasteiger partial charge is 0.311 e. The van der Waals surface area contributed by atoms with E-state index in [-0.39, 0.29) is 18.3 Å². The van der Waals surface area contributed by atoms with Crippen LogP contribution in [-0.4, -0.2) is 60.1 Å². The fraction of sp³-hybridized carbons (Fsp3) is 0.471. The van der Waals surface area contributed by atoms with Crippen LogP contribution in [0.2, 0.25) is 0 Å². The van der Waals surface area contributed by atoms with E-state index >= 15 is 0 Å². The van der Waals surface area contributed by atoms with Crippen LogP contribution in [0.15, 0.2) is 57.7 Å². The van der Waals surface area contributed by atoms with Crippen LogP contribution in [0.4, 0.5) is 22.7 Å². The Morgan fingerprint density at radius 2 is 1.26 bits per heavy atom. The van der Waals surface area contributed by atoms with Crippen LogP contribution in [0.5, 0.6) is 0 Å². The molecule has 2 aliphatic carbocycles. The molecule has 2 aromatic carbocycles. The van der Waals surface area contributed by atoms with Crippen LogP contribution >= 0.6 is 31.9 Å². The van der Waals surface area contributed by atoms with Gasteiger partial charge in [-0.25, -0.2) is 4.98 Å². The van der Waals surface area contributed by atoms with Crippen LogP contribution in [0, 0.1) is 10.1 Å².